The molecule has 148 valence electrons. The first-order valence-corrected chi connectivity index (χ1v) is 10.7. The maximum atomic E-state index is 13.1. The molecule has 29 heavy (non-hydrogen) atoms. The van der Waals surface area contributed by atoms with Crippen molar-refractivity contribution in [2.45, 2.75) is 33.7 Å². The molecule has 1 unspecified atom stereocenters. The maximum Gasteiger partial charge on any atom is 0.196 e. The zero-order valence-electron chi connectivity index (χ0n) is 16.7. The molecule has 0 aliphatic carbocycles. The fourth-order valence-corrected chi connectivity index (χ4v) is 4.38. The van der Waals surface area contributed by atoms with Crippen molar-refractivity contribution in [1.82, 2.24) is 4.98 Å². The highest BCUT2D eigenvalue weighted by Crippen LogP contribution is 2.33. The molecule has 3 heterocycles. The Kier molecular flexibility index (Phi) is 5.19. The monoisotopic (exact) mass is 424 g/mol. The first-order chi connectivity index (χ1) is 13.8. The van der Waals surface area contributed by atoms with Gasteiger partial charge in [0.2, 0.25) is 0 Å². The molecule has 0 bridgehead atoms. The van der Waals surface area contributed by atoms with E-state index in [0.717, 1.165) is 28.1 Å². The number of rotatable bonds is 4. The summed E-state index contributed by atoms with van der Waals surface area (Å²) in [5, 5.41) is 8.53. The van der Waals surface area contributed by atoms with E-state index >= 15 is 0 Å². The number of hydrogen-bond acceptors (Lipinski definition) is 5. The number of hydrogen-bond donors (Lipinski definition) is 1. The molecule has 1 N–H and O–H groups in total. The molecule has 0 fully saturated rings. The molecule has 6 heteroatoms. The molecule has 0 saturated heterocycles. The first-order valence-electron chi connectivity index (χ1n) is 9.35. The summed E-state index contributed by atoms with van der Waals surface area (Å²) in [4.78, 5) is 17.4. The van der Waals surface area contributed by atoms with Crippen LogP contribution in [0.3, 0.4) is 0 Å². The number of thiophene rings is 1. The van der Waals surface area contributed by atoms with Gasteiger partial charge in [-0.3, -0.25) is 4.79 Å². The van der Waals surface area contributed by atoms with Crippen LogP contribution in [0, 0.1) is 20.8 Å². The predicted octanol–water partition coefficient (Wildman–Crippen LogP) is 6.67. The van der Waals surface area contributed by atoms with E-state index in [-0.39, 0.29) is 11.5 Å². The van der Waals surface area contributed by atoms with Gasteiger partial charge in [0.05, 0.1) is 22.8 Å². The number of anilines is 1. The van der Waals surface area contributed by atoms with Crippen molar-refractivity contribution in [3.8, 4) is 11.3 Å². The zero-order valence-corrected chi connectivity index (χ0v) is 18.2. The normalized spacial score (nSPS) is 12.3. The van der Waals surface area contributed by atoms with Crippen LogP contribution in [0.25, 0.3) is 22.3 Å². The lowest BCUT2D eigenvalue weighted by atomic mass is 9.99. The zero-order chi connectivity index (χ0) is 20.7. The predicted molar refractivity (Wildman–Crippen MR) is 121 cm³/mol. The number of halogens is 1. The molecule has 0 amide bonds. The van der Waals surface area contributed by atoms with E-state index in [0.29, 0.717) is 27.4 Å². The topological polar surface area (TPSA) is 55.1 Å². The van der Waals surface area contributed by atoms with Crippen LogP contribution in [0.5, 0.6) is 0 Å². The summed E-state index contributed by atoms with van der Waals surface area (Å²) in [6.45, 7) is 7.77. The highest BCUT2D eigenvalue weighted by atomic mass is 35.5. The van der Waals surface area contributed by atoms with Crippen molar-refractivity contribution in [2.75, 3.05) is 5.32 Å². The second-order valence-corrected chi connectivity index (χ2v) is 8.43. The quantitative estimate of drug-likeness (QED) is 0.372. The summed E-state index contributed by atoms with van der Waals surface area (Å²) < 4.78 is 6.34. The lowest BCUT2D eigenvalue weighted by Crippen LogP contribution is -2.13. The Morgan fingerprint density at radius 3 is 2.66 bits per heavy atom. The summed E-state index contributed by atoms with van der Waals surface area (Å²) in [6, 6.07) is 9.51. The third-order valence-corrected chi connectivity index (χ3v) is 5.96. The number of aryl methyl sites for hydroxylation is 2. The Morgan fingerprint density at radius 2 is 1.97 bits per heavy atom. The third kappa shape index (κ3) is 3.68. The average Bonchev–Trinajstić information content (AvgIpc) is 3.21. The van der Waals surface area contributed by atoms with Crippen molar-refractivity contribution in [3.63, 3.8) is 0 Å². The van der Waals surface area contributed by atoms with Crippen molar-refractivity contribution in [2.24, 2.45) is 0 Å². The van der Waals surface area contributed by atoms with Crippen molar-refractivity contribution < 1.29 is 4.42 Å². The van der Waals surface area contributed by atoms with Crippen LogP contribution in [-0.4, -0.2) is 4.98 Å². The number of pyridine rings is 1. The molecule has 0 aliphatic rings. The van der Waals surface area contributed by atoms with Gasteiger partial charge in [0, 0.05) is 22.1 Å². The second-order valence-electron chi connectivity index (χ2n) is 7.26. The molecule has 1 atom stereocenters. The molecule has 4 rings (SSSR count). The van der Waals surface area contributed by atoms with Gasteiger partial charge in [-0.2, -0.15) is 11.3 Å². The number of fused-ring (bicyclic) bond motifs is 1. The Hall–Kier alpha value is -2.63. The van der Waals surface area contributed by atoms with Crippen LogP contribution >= 0.6 is 22.9 Å². The van der Waals surface area contributed by atoms with Gasteiger partial charge in [-0.15, -0.1) is 0 Å². The van der Waals surface area contributed by atoms with E-state index in [4.69, 9.17) is 16.0 Å². The smallest absolute Gasteiger partial charge is 0.196 e. The van der Waals surface area contributed by atoms with E-state index in [1.54, 1.807) is 17.4 Å². The van der Waals surface area contributed by atoms with Crippen LogP contribution in [-0.2, 0) is 0 Å². The van der Waals surface area contributed by atoms with Crippen LogP contribution in [0.4, 0.5) is 5.69 Å². The van der Waals surface area contributed by atoms with Gasteiger partial charge in [-0.05, 0) is 62.9 Å². The van der Waals surface area contributed by atoms with Gasteiger partial charge in [-0.25, -0.2) is 4.98 Å². The fourth-order valence-electron chi connectivity index (χ4n) is 3.55. The van der Waals surface area contributed by atoms with Crippen molar-refractivity contribution in [1.29, 1.82) is 0 Å². The van der Waals surface area contributed by atoms with Gasteiger partial charge in [-0.1, -0.05) is 17.7 Å². The van der Waals surface area contributed by atoms with Gasteiger partial charge >= 0.3 is 0 Å². The maximum absolute atomic E-state index is 13.1. The largest absolute Gasteiger partial charge is 0.455 e. The Labute approximate surface area is 178 Å². The van der Waals surface area contributed by atoms with Gasteiger partial charge in [0.25, 0.3) is 0 Å². The van der Waals surface area contributed by atoms with Gasteiger partial charge in [0.1, 0.15) is 16.5 Å². The Morgan fingerprint density at radius 1 is 1.17 bits per heavy atom. The third-order valence-electron chi connectivity index (χ3n) is 5.07. The second kappa shape index (κ2) is 7.65. The lowest BCUT2D eigenvalue weighted by molar-refractivity contribution is 0.606. The standard InChI is InChI=1S/C23H21ClN2O2S/c1-12-9-17(14(3)25-19-5-6-20(24)26-15(19)4)23-18(10-12)21(27)13(2)22(28-23)16-7-8-29-11-16/h5-11,14,25H,1-4H3. The van der Waals surface area contributed by atoms with Crippen LogP contribution in [0.15, 0.2) is 50.3 Å². The van der Waals surface area contributed by atoms with E-state index in [1.165, 1.54) is 0 Å². The van der Waals surface area contributed by atoms with Crippen LogP contribution < -0.4 is 10.7 Å². The highest BCUT2D eigenvalue weighted by Gasteiger charge is 2.19. The summed E-state index contributed by atoms with van der Waals surface area (Å²) in [5.41, 5.74) is 5.84. The van der Waals surface area contributed by atoms with Crippen molar-refractivity contribution in [3.05, 3.63) is 78.9 Å². The first kappa shape index (κ1) is 19.7. The van der Waals surface area contributed by atoms with Gasteiger partial charge < -0.3 is 9.73 Å². The van der Waals surface area contributed by atoms with Gasteiger partial charge in [0.15, 0.2) is 5.43 Å². The van der Waals surface area contributed by atoms with E-state index in [2.05, 4.69) is 16.4 Å². The average molecular weight is 425 g/mol. The fraction of sp³-hybridized carbons (Fsp3) is 0.217. The number of nitrogens with one attached hydrogen (secondary N) is 1. The molecule has 0 radical (unpaired) electrons. The SMILES string of the molecule is Cc1cc(C(C)Nc2ccc(Cl)nc2C)c2oc(-c3ccsc3)c(C)c(=O)c2c1. The summed E-state index contributed by atoms with van der Waals surface area (Å²) in [6.07, 6.45) is 0. The molecule has 4 aromatic rings. The molecular weight excluding hydrogens is 404 g/mol. The Bertz CT molecular complexity index is 1260. The summed E-state index contributed by atoms with van der Waals surface area (Å²) in [7, 11) is 0. The molecule has 4 nitrogen and oxygen atoms in total. The summed E-state index contributed by atoms with van der Waals surface area (Å²) in [5.74, 6) is 0.630. The molecule has 3 aromatic heterocycles. The minimum Gasteiger partial charge on any atom is -0.455 e. The number of aromatic nitrogens is 1. The lowest BCUT2D eigenvalue weighted by Gasteiger charge is -2.19. The number of nitrogens with zero attached hydrogens (tertiary/aromatic N) is 1. The van der Waals surface area contributed by atoms with Crippen molar-refractivity contribution >= 4 is 39.6 Å². The van der Waals surface area contributed by atoms with Crippen LogP contribution in [0.2, 0.25) is 5.15 Å². The molecule has 0 aliphatic heterocycles. The highest BCUT2D eigenvalue weighted by molar-refractivity contribution is 7.08. The molecule has 1 aromatic carbocycles. The Balaban J connectivity index is 1.88. The van der Waals surface area contributed by atoms with E-state index < -0.39 is 0 Å². The van der Waals surface area contributed by atoms with Crippen LogP contribution in [0.1, 0.15) is 35.3 Å². The molecule has 0 saturated carbocycles. The summed E-state index contributed by atoms with van der Waals surface area (Å²) >= 11 is 7.56. The minimum absolute atomic E-state index is 0.00828. The minimum atomic E-state index is -0.0970. The molecule has 0 spiro atoms. The van der Waals surface area contributed by atoms with E-state index in [1.807, 2.05) is 56.7 Å². The molecular formula is C23H21ClN2O2S. The number of benzene rings is 1. The van der Waals surface area contributed by atoms with E-state index in [9.17, 15) is 4.79 Å².